The molecule has 2 aromatic rings. The van der Waals surface area contributed by atoms with Crippen LogP contribution >= 0.6 is 35.4 Å². The first-order valence-corrected chi connectivity index (χ1v) is 6.64. The quantitative estimate of drug-likeness (QED) is 0.739. The number of imidazole rings is 1. The van der Waals surface area contributed by atoms with E-state index in [1.54, 1.807) is 16.7 Å². The van der Waals surface area contributed by atoms with Gasteiger partial charge in [0.2, 0.25) is 0 Å². The second-order valence-corrected chi connectivity index (χ2v) is 5.07. The number of fused-ring (bicyclic) bond motifs is 1. The molecule has 1 aromatic carbocycles. The van der Waals surface area contributed by atoms with Crippen LogP contribution in [0, 0.1) is 4.77 Å². The molecule has 0 aliphatic carbocycles. The van der Waals surface area contributed by atoms with Gasteiger partial charge in [0, 0.05) is 0 Å². The summed E-state index contributed by atoms with van der Waals surface area (Å²) < 4.78 is 7.44. The largest absolute Gasteiger partial charge is 0.394 e. The maximum absolute atomic E-state index is 8.95. The summed E-state index contributed by atoms with van der Waals surface area (Å²) in [5.74, 6) is 0. The number of hydrogen-bond acceptors (Lipinski definition) is 4. The zero-order chi connectivity index (χ0) is 14.0. The summed E-state index contributed by atoms with van der Waals surface area (Å²) in [6.45, 7) is -0.430. The highest BCUT2D eigenvalue weighted by Gasteiger charge is 2.12. The molecule has 0 saturated heterocycles. The first-order valence-electron chi connectivity index (χ1n) is 5.48. The lowest BCUT2D eigenvalue weighted by molar-refractivity contribution is -0.0490. The molecule has 0 unspecified atom stereocenters. The Balaban J connectivity index is 2.36. The molecular weight excluding hydrogens is 311 g/mol. The van der Waals surface area contributed by atoms with Gasteiger partial charge in [0.15, 0.2) is 4.77 Å². The van der Waals surface area contributed by atoms with Crippen molar-refractivity contribution in [2.24, 2.45) is 0 Å². The highest BCUT2D eigenvalue weighted by atomic mass is 35.5. The Kier molecular flexibility index (Phi) is 4.83. The van der Waals surface area contributed by atoms with Gasteiger partial charge in [-0.3, -0.25) is 4.57 Å². The monoisotopic (exact) mass is 322 g/mol. The number of rotatable bonds is 5. The highest BCUT2D eigenvalue weighted by Crippen LogP contribution is 2.30. The fourth-order valence-electron chi connectivity index (χ4n) is 1.64. The van der Waals surface area contributed by atoms with Crippen molar-refractivity contribution >= 4 is 46.5 Å². The zero-order valence-electron chi connectivity index (χ0n) is 9.77. The third-order valence-corrected chi connectivity index (χ3v) is 3.81. The lowest BCUT2D eigenvalue weighted by Crippen LogP contribution is -2.23. The van der Waals surface area contributed by atoms with Gasteiger partial charge < -0.3 is 19.9 Å². The first kappa shape index (κ1) is 14.8. The summed E-state index contributed by atoms with van der Waals surface area (Å²) in [6.07, 6.45) is -0.644. The number of aliphatic hydroxyl groups excluding tert-OH is 2. The molecule has 1 aromatic heterocycles. The lowest BCUT2D eigenvalue weighted by atomic mass is 10.3. The van der Waals surface area contributed by atoms with Crippen LogP contribution in [-0.4, -0.2) is 39.1 Å². The molecule has 0 aliphatic heterocycles. The zero-order valence-corrected chi connectivity index (χ0v) is 12.1. The normalized spacial score (nSPS) is 11.6. The minimum absolute atomic E-state index is 0.0998. The number of H-pyrrole nitrogens is 1. The summed E-state index contributed by atoms with van der Waals surface area (Å²) in [4.78, 5) is 2.95. The predicted octanol–water partition coefficient (Wildman–Crippen LogP) is 2.33. The Hall–Kier alpha value is -0.630. The average molecular weight is 323 g/mol. The molecule has 0 radical (unpaired) electrons. The molecule has 0 bridgehead atoms. The minimum atomic E-state index is -0.644. The van der Waals surface area contributed by atoms with Crippen molar-refractivity contribution in [3.8, 4) is 0 Å². The minimum Gasteiger partial charge on any atom is -0.394 e. The topological polar surface area (TPSA) is 70.4 Å². The van der Waals surface area contributed by atoms with E-state index in [2.05, 4.69) is 4.98 Å². The second-order valence-electron chi connectivity index (χ2n) is 3.90. The van der Waals surface area contributed by atoms with Crippen molar-refractivity contribution in [3.05, 3.63) is 26.9 Å². The molecule has 19 heavy (non-hydrogen) atoms. The number of benzene rings is 1. The lowest BCUT2D eigenvalue weighted by Gasteiger charge is -2.13. The second kappa shape index (κ2) is 6.21. The van der Waals surface area contributed by atoms with Crippen LogP contribution in [0.15, 0.2) is 12.1 Å². The summed E-state index contributed by atoms with van der Waals surface area (Å²) >= 11 is 17.2. The molecule has 2 rings (SSSR count). The number of aliphatic hydroxyl groups is 2. The van der Waals surface area contributed by atoms with Gasteiger partial charge in [0.25, 0.3) is 0 Å². The Morgan fingerprint density at radius 2 is 2.00 bits per heavy atom. The predicted molar refractivity (Wildman–Crippen MR) is 76.2 cm³/mol. The van der Waals surface area contributed by atoms with Gasteiger partial charge in [-0.05, 0) is 24.4 Å². The van der Waals surface area contributed by atoms with Crippen LogP contribution in [0.2, 0.25) is 10.0 Å². The van der Waals surface area contributed by atoms with Crippen molar-refractivity contribution in [2.75, 3.05) is 13.2 Å². The van der Waals surface area contributed by atoms with Crippen molar-refractivity contribution in [2.45, 2.75) is 12.8 Å². The fraction of sp³-hybridized carbons (Fsp3) is 0.364. The van der Waals surface area contributed by atoms with Gasteiger partial charge in [0.1, 0.15) is 12.8 Å². The van der Waals surface area contributed by atoms with E-state index in [-0.39, 0.29) is 19.9 Å². The number of aromatic amines is 1. The van der Waals surface area contributed by atoms with Gasteiger partial charge in [-0.25, -0.2) is 0 Å². The summed E-state index contributed by atoms with van der Waals surface area (Å²) in [5.41, 5.74) is 1.38. The molecule has 0 aliphatic rings. The number of hydrogen-bond donors (Lipinski definition) is 3. The first-order chi connectivity index (χ1) is 9.08. The molecule has 0 atom stereocenters. The van der Waals surface area contributed by atoms with E-state index in [9.17, 15) is 0 Å². The Labute approximate surface area is 124 Å². The Morgan fingerprint density at radius 1 is 1.32 bits per heavy atom. The molecule has 0 fully saturated rings. The van der Waals surface area contributed by atoms with Crippen LogP contribution < -0.4 is 0 Å². The number of nitrogens with one attached hydrogen (secondary N) is 1. The van der Waals surface area contributed by atoms with Crippen LogP contribution in [0.1, 0.15) is 0 Å². The Morgan fingerprint density at radius 3 is 2.63 bits per heavy atom. The maximum atomic E-state index is 8.95. The molecule has 3 N–H and O–H groups in total. The van der Waals surface area contributed by atoms with Crippen molar-refractivity contribution in [3.63, 3.8) is 0 Å². The number of nitrogens with zero attached hydrogens (tertiary/aromatic N) is 1. The molecule has 1 heterocycles. The maximum Gasteiger partial charge on any atom is 0.180 e. The van der Waals surface area contributed by atoms with Gasteiger partial charge in [-0.2, -0.15) is 0 Å². The van der Waals surface area contributed by atoms with Crippen LogP contribution in [0.25, 0.3) is 11.0 Å². The molecule has 104 valence electrons. The number of ether oxygens (including phenoxy) is 1. The summed E-state index contributed by atoms with van der Waals surface area (Å²) in [6, 6.07) is 3.44. The van der Waals surface area contributed by atoms with Crippen LogP contribution in [0.3, 0.4) is 0 Å². The van der Waals surface area contributed by atoms with Gasteiger partial charge in [-0.15, -0.1) is 0 Å². The summed E-state index contributed by atoms with van der Waals surface area (Å²) in [7, 11) is 0. The van der Waals surface area contributed by atoms with E-state index < -0.39 is 6.10 Å². The van der Waals surface area contributed by atoms with Crippen molar-refractivity contribution in [1.82, 2.24) is 9.55 Å². The SMILES string of the molecule is OCC(CO)OCn1c(=S)[nH]c2c(Cl)c(Cl)ccc21. The molecule has 0 amide bonds. The van der Waals surface area contributed by atoms with E-state index >= 15 is 0 Å². The molecule has 0 saturated carbocycles. The smallest absolute Gasteiger partial charge is 0.180 e. The third kappa shape index (κ3) is 2.94. The van der Waals surface area contributed by atoms with E-state index in [1.807, 2.05) is 0 Å². The number of halogens is 2. The molecular formula is C11H12Cl2N2O3S. The molecule has 0 spiro atoms. The molecule has 5 nitrogen and oxygen atoms in total. The number of aromatic nitrogens is 2. The van der Waals surface area contributed by atoms with Crippen LogP contribution in [0.5, 0.6) is 0 Å². The van der Waals surface area contributed by atoms with Gasteiger partial charge >= 0.3 is 0 Å². The van der Waals surface area contributed by atoms with Crippen molar-refractivity contribution < 1.29 is 14.9 Å². The standard InChI is InChI=1S/C11H12Cl2N2O3S/c12-7-1-2-8-10(9(7)13)14-11(19)15(8)5-18-6(3-16)4-17/h1-2,6,16-17H,3-5H2,(H,14,19). The van der Waals surface area contributed by atoms with Crippen molar-refractivity contribution in [1.29, 1.82) is 0 Å². The van der Waals surface area contributed by atoms with E-state index in [4.69, 9.17) is 50.4 Å². The van der Waals surface area contributed by atoms with Crippen LogP contribution in [-0.2, 0) is 11.5 Å². The summed E-state index contributed by atoms with van der Waals surface area (Å²) in [5, 5.41) is 18.7. The van der Waals surface area contributed by atoms with E-state index in [0.717, 1.165) is 5.52 Å². The van der Waals surface area contributed by atoms with Crippen LogP contribution in [0.4, 0.5) is 0 Å². The fourth-order valence-corrected chi connectivity index (χ4v) is 2.26. The van der Waals surface area contributed by atoms with E-state index in [1.165, 1.54) is 0 Å². The van der Waals surface area contributed by atoms with Gasteiger partial charge in [-0.1, -0.05) is 23.2 Å². The highest BCUT2D eigenvalue weighted by molar-refractivity contribution is 7.71. The Bertz CT molecular complexity index is 637. The van der Waals surface area contributed by atoms with E-state index in [0.29, 0.717) is 20.3 Å². The average Bonchev–Trinajstić information content (AvgIpc) is 2.73. The van der Waals surface area contributed by atoms with Gasteiger partial charge in [0.05, 0.1) is 34.3 Å². The molecule has 8 heteroatoms. The third-order valence-electron chi connectivity index (χ3n) is 2.69.